The van der Waals surface area contributed by atoms with E-state index in [2.05, 4.69) is 26.0 Å². The summed E-state index contributed by atoms with van der Waals surface area (Å²) in [5.41, 5.74) is 7.24. The van der Waals surface area contributed by atoms with Gasteiger partial charge in [0.05, 0.1) is 0 Å². The minimum absolute atomic E-state index is 0.0335. The molecule has 3 rings (SSSR count). The van der Waals surface area contributed by atoms with Gasteiger partial charge in [-0.3, -0.25) is 0 Å². The Morgan fingerprint density at radius 2 is 2.00 bits per heavy atom. The molecule has 0 radical (unpaired) electrons. The van der Waals surface area contributed by atoms with Gasteiger partial charge in [-0.25, -0.2) is 0 Å². The Hall–Kier alpha value is -2.20. The number of hydrogen-bond acceptors (Lipinski definition) is 6. The number of aromatic nitrogens is 2. The number of aliphatic hydroxyl groups excluding tert-OH is 2. The zero-order chi connectivity index (χ0) is 20.4. The van der Waals surface area contributed by atoms with Crippen LogP contribution in [0.25, 0.3) is 10.4 Å². The molecule has 2 N–H and O–H groups in total. The van der Waals surface area contributed by atoms with Crippen LogP contribution in [0.3, 0.4) is 0 Å². The summed E-state index contributed by atoms with van der Waals surface area (Å²) in [6.45, 7) is -0.340. The van der Waals surface area contributed by atoms with Crippen LogP contribution < -0.4 is 11.2 Å². The predicted octanol–water partition coefficient (Wildman–Crippen LogP) is 0.498. The van der Waals surface area contributed by atoms with Gasteiger partial charge in [-0.05, 0) is 0 Å². The fourth-order valence-corrected chi connectivity index (χ4v) is 6.29. The molecule has 0 bridgehead atoms. The molecule has 146 valence electrons. The fourth-order valence-electron chi connectivity index (χ4n) is 2.91. The molecule has 2 heterocycles. The van der Waals surface area contributed by atoms with Crippen molar-refractivity contribution in [2.24, 2.45) is 5.11 Å². The zero-order valence-corrected chi connectivity index (χ0v) is 17.4. The van der Waals surface area contributed by atoms with Crippen molar-refractivity contribution >= 4 is 36.8 Å². The molecule has 1 aromatic carbocycles. The summed E-state index contributed by atoms with van der Waals surface area (Å²) in [6.07, 6.45) is 0.0832. The van der Waals surface area contributed by atoms with Gasteiger partial charge in [-0.15, -0.1) is 0 Å². The molecule has 1 saturated heterocycles. The number of carbonyl (C=O) groups excluding carboxylic acids is 1. The van der Waals surface area contributed by atoms with Crippen LogP contribution >= 0.6 is 15.9 Å². The van der Waals surface area contributed by atoms with Crippen molar-refractivity contribution < 1.29 is 15.0 Å². The van der Waals surface area contributed by atoms with Crippen LogP contribution in [0.2, 0.25) is 4.82 Å². The van der Waals surface area contributed by atoms with Crippen molar-refractivity contribution in [2.75, 3.05) is 6.61 Å². The second-order valence-corrected chi connectivity index (χ2v) is 9.62. The summed E-state index contributed by atoms with van der Waals surface area (Å²) < 4.78 is 1.58. The molecule has 4 atom stereocenters. The average Bonchev–Trinajstić information content (AvgIpc) is 3.01. The van der Waals surface area contributed by atoms with E-state index in [0.717, 1.165) is 4.57 Å². The molecular formula is C16H14BrN5O5Se. The molecule has 0 saturated carbocycles. The Kier molecular flexibility index (Phi) is 6.19. The van der Waals surface area contributed by atoms with E-state index in [0.29, 0.717) is 4.57 Å². The van der Waals surface area contributed by atoms with Gasteiger partial charge in [0.2, 0.25) is 0 Å². The van der Waals surface area contributed by atoms with Crippen molar-refractivity contribution in [3.8, 4) is 0 Å². The van der Waals surface area contributed by atoms with E-state index >= 15 is 0 Å². The number of rotatable bonds is 4. The maximum atomic E-state index is 13.0. The van der Waals surface area contributed by atoms with E-state index in [9.17, 15) is 24.6 Å². The number of azide groups is 1. The number of carbonyl (C=O) groups is 1. The number of nitrogens with zero attached hydrogens (tertiary/aromatic N) is 5. The number of halogens is 1. The van der Waals surface area contributed by atoms with E-state index in [-0.39, 0.29) is 16.6 Å². The first-order valence-electron chi connectivity index (χ1n) is 8.02. The third-order valence-corrected chi connectivity index (χ3v) is 8.09. The molecule has 2 aromatic rings. The molecule has 1 aliphatic heterocycles. The molecule has 2 unspecified atom stereocenters. The van der Waals surface area contributed by atoms with Gasteiger partial charge in [-0.1, -0.05) is 0 Å². The first-order valence-corrected chi connectivity index (χ1v) is 10.8. The molecule has 0 amide bonds. The molecule has 0 spiro atoms. The summed E-state index contributed by atoms with van der Waals surface area (Å²) in [7, 11) is 0. The van der Waals surface area contributed by atoms with Crippen molar-refractivity contribution in [3.05, 3.63) is 77.8 Å². The topological polar surface area (TPSA) is 150 Å². The summed E-state index contributed by atoms with van der Waals surface area (Å²) in [5, 5.41) is 23.3. The van der Waals surface area contributed by atoms with Gasteiger partial charge in [0.25, 0.3) is 0 Å². The summed E-state index contributed by atoms with van der Waals surface area (Å²) in [4.78, 5) is 39.6. The summed E-state index contributed by atoms with van der Waals surface area (Å²) in [5.74, 6) is -0.796. The standard InChI is InChI=1S/C16H14BrN5O5Se/c17-9-6-21(15-11(19-20-18)12(24)10(7-23)28-15)16(27)22(14(9)26)13(25)8-4-2-1-3-5-8/h1-6,10-12,15,23-24H,7H2/t10-,11?,12?,15-/m1/s1. The van der Waals surface area contributed by atoms with Gasteiger partial charge in [0.1, 0.15) is 0 Å². The Morgan fingerprint density at radius 3 is 2.61 bits per heavy atom. The summed E-state index contributed by atoms with van der Waals surface area (Å²) in [6, 6.07) is 6.86. The van der Waals surface area contributed by atoms with Crippen LogP contribution in [0.15, 0.2) is 55.7 Å². The van der Waals surface area contributed by atoms with Crippen molar-refractivity contribution in [1.29, 1.82) is 0 Å². The quantitative estimate of drug-likeness (QED) is 0.263. The van der Waals surface area contributed by atoms with Crippen LogP contribution in [0.1, 0.15) is 15.3 Å². The van der Waals surface area contributed by atoms with E-state index in [1.807, 2.05) is 0 Å². The van der Waals surface area contributed by atoms with Crippen LogP contribution in [-0.4, -0.2) is 59.0 Å². The Labute approximate surface area is 172 Å². The Bertz CT molecular complexity index is 1070. The molecule has 12 heteroatoms. The maximum absolute atomic E-state index is 13.0. The second-order valence-electron chi connectivity index (χ2n) is 5.91. The normalized spacial score (nSPS) is 24.0. The molecule has 28 heavy (non-hydrogen) atoms. The van der Waals surface area contributed by atoms with Gasteiger partial charge in [-0.2, -0.15) is 0 Å². The molecule has 1 fully saturated rings. The minimum atomic E-state index is -1.14. The SMILES string of the molecule is [N-]=[N+]=NC1C(O)[C@@H](CO)[Se][C@H]1n1cc(Br)c(=O)n(C(=O)c2ccccc2)c1=O. The second kappa shape index (κ2) is 8.44. The van der Waals surface area contributed by atoms with Gasteiger partial charge >= 0.3 is 172 Å². The van der Waals surface area contributed by atoms with Gasteiger partial charge in [0, 0.05) is 0 Å². The summed E-state index contributed by atoms with van der Waals surface area (Å²) >= 11 is 2.54. The number of hydrogen-bond donors (Lipinski definition) is 2. The Balaban J connectivity index is 2.17. The van der Waals surface area contributed by atoms with Crippen LogP contribution in [0.4, 0.5) is 0 Å². The molecule has 1 aliphatic rings. The number of benzene rings is 1. The van der Waals surface area contributed by atoms with Crippen molar-refractivity contribution in [3.63, 3.8) is 0 Å². The fraction of sp³-hybridized carbons (Fsp3) is 0.312. The average molecular weight is 515 g/mol. The Morgan fingerprint density at radius 1 is 1.32 bits per heavy atom. The van der Waals surface area contributed by atoms with Gasteiger partial charge in [0.15, 0.2) is 0 Å². The predicted molar refractivity (Wildman–Crippen MR) is 103 cm³/mol. The molecule has 0 aliphatic carbocycles. The van der Waals surface area contributed by atoms with E-state index < -0.39 is 54.0 Å². The van der Waals surface area contributed by atoms with E-state index in [1.54, 1.807) is 18.2 Å². The van der Waals surface area contributed by atoms with E-state index in [4.69, 9.17) is 5.53 Å². The molecule has 10 nitrogen and oxygen atoms in total. The van der Waals surface area contributed by atoms with Crippen LogP contribution in [0.5, 0.6) is 0 Å². The van der Waals surface area contributed by atoms with Crippen LogP contribution in [-0.2, 0) is 0 Å². The third-order valence-electron chi connectivity index (χ3n) is 4.27. The van der Waals surface area contributed by atoms with Gasteiger partial charge < -0.3 is 0 Å². The first-order chi connectivity index (χ1) is 13.4. The zero-order valence-electron chi connectivity index (χ0n) is 14.1. The van der Waals surface area contributed by atoms with Crippen molar-refractivity contribution in [2.45, 2.75) is 21.9 Å². The van der Waals surface area contributed by atoms with E-state index in [1.165, 1.54) is 18.3 Å². The van der Waals surface area contributed by atoms with Crippen molar-refractivity contribution in [1.82, 2.24) is 9.13 Å². The monoisotopic (exact) mass is 515 g/mol. The molecule has 1 aromatic heterocycles. The first kappa shape index (κ1) is 20.5. The third kappa shape index (κ3) is 3.58. The number of aliphatic hydroxyl groups is 2. The molecular weight excluding hydrogens is 501 g/mol. The van der Waals surface area contributed by atoms with Crippen LogP contribution in [0, 0.1) is 0 Å².